The van der Waals surface area contributed by atoms with Crippen molar-refractivity contribution in [1.29, 1.82) is 0 Å². The van der Waals surface area contributed by atoms with E-state index in [0.717, 1.165) is 0 Å². The van der Waals surface area contributed by atoms with Gasteiger partial charge in [-0.2, -0.15) is 0 Å². The lowest BCUT2D eigenvalue weighted by molar-refractivity contribution is 0.0926. The summed E-state index contributed by atoms with van der Waals surface area (Å²) in [5.74, 6) is 1.49. The molecule has 1 amide bonds. The van der Waals surface area contributed by atoms with Gasteiger partial charge in [-0.25, -0.2) is 0 Å². The van der Waals surface area contributed by atoms with Crippen LogP contribution in [0.5, 0.6) is 11.5 Å². The number of carbonyl (C=O) groups is 1. The Bertz CT molecular complexity index is 716. The molecule has 1 aliphatic heterocycles. The maximum atomic E-state index is 12.6. The van der Waals surface area contributed by atoms with E-state index >= 15 is 0 Å². The Hall–Kier alpha value is -2.61. The van der Waals surface area contributed by atoms with Crippen LogP contribution in [-0.4, -0.2) is 47.6 Å². The summed E-state index contributed by atoms with van der Waals surface area (Å²) in [5, 5.41) is 10.9. The van der Waals surface area contributed by atoms with Gasteiger partial charge in [-0.05, 0) is 19.1 Å². The van der Waals surface area contributed by atoms with Crippen LogP contribution in [0.15, 0.2) is 24.5 Å². The molecular weight excluding hydrogens is 312 g/mol. The van der Waals surface area contributed by atoms with Crippen LogP contribution in [0.3, 0.4) is 0 Å². The Morgan fingerprint density at radius 2 is 2.25 bits per heavy atom. The van der Waals surface area contributed by atoms with Crippen molar-refractivity contribution in [1.82, 2.24) is 20.1 Å². The third kappa shape index (κ3) is 3.33. The third-order valence-corrected chi connectivity index (χ3v) is 3.73. The third-order valence-electron chi connectivity index (χ3n) is 3.73. The number of benzene rings is 1. The van der Waals surface area contributed by atoms with Gasteiger partial charge in [0.05, 0.1) is 18.2 Å². The molecule has 0 unspecified atom stereocenters. The van der Waals surface area contributed by atoms with Gasteiger partial charge in [0, 0.05) is 13.7 Å². The van der Waals surface area contributed by atoms with Crippen LogP contribution >= 0.6 is 0 Å². The number of fused-ring (bicyclic) bond motifs is 1. The fourth-order valence-electron chi connectivity index (χ4n) is 2.55. The molecule has 3 rings (SSSR count). The maximum Gasteiger partial charge on any atom is 0.255 e. The number of nitrogens with one attached hydrogen (secondary N) is 1. The van der Waals surface area contributed by atoms with Crippen molar-refractivity contribution in [2.45, 2.75) is 19.5 Å². The Balaban J connectivity index is 1.74. The van der Waals surface area contributed by atoms with Crippen LogP contribution in [0.25, 0.3) is 0 Å². The lowest BCUT2D eigenvalue weighted by atomic mass is 10.1. The predicted molar refractivity (Wildman–Crippen MR) is 85.2 cm³/mol. The second kappa shape index (κ2) is 7.31. The largest absolute Gasteiger partial charge is 0.486 e. The van der Waals surface area contributed by atoms with E-state index in [-0.39, 0.29) is 11.9 Å². The lowest BCUT2D eigenvalue weighted by Crippen LogP contribution is -2.30. The molecule has 2 heterocycles. The number of amides is 1. The zero-order valence-electron chi connectivity index (χ0n) is 13.7. The number of hydrogen-bond donors (Lipinski definition) is 1. The number of carbonyl (C=O) groups excluding carboxylic acids is 1. The first kappa shape index (κ1) is 16.3. The summed E-state index contributed by atoms with van der Waals surface area (Å²) in [6.45, 7) is 3.94. The molecule has 1 aromatic heterocycles. The van der Waals surface area contributed by atoms with Crippen molar-refractivity contribution in [3.05, 3.63) is 35.9 Å². The highest BCUT2D eigenvalue weighted by molar-refractivity contribution is 5.98. The van der Waals surface area contributed by atoms with E-state index < -0.39 is 0 Å². The molecule has 24 heavy (non-hydrogen) atoms. The highest BCUT2D eigenvalue weighted by Gasteiger charge is 2.23. The predicted octanol–water partition coefficient (Wildman–Crippen LogP) is 1.19. The second-order valence-electron chi connectivity index (χ2n) is 5.40. The normalized spacial score (nSPS) is 14.2. The van der Waals surface area contributed by atoms with E-state index in [9.17, 15) is 4.79 Å². The summed E-state index contributed by atoms with van der Waals surface area (Å²) in [7, 11) is 1.63. The van der Waals surface area contributed by atoms with Crippen molar-refractivity contribution in [2.24, 2.45) is 0 Å². The minimum Gasteiger partial charge on any atom is -0.486 e. The molecule has 0 radical (unpaired) electrons. The van der Waals surface area contributed by atoms with Gasteiger partial charge in [-0.3, -0.25) is 4.79 Å². The number of ether oxygens (including phenoxy) is 3. The summed E-state index contributed by atoms with van der Waals surface area (Å²) in [5.41, 5.74) is 0.446. The van der Waals surface area contributed by atoms with Crippen molar-refractivity contribution >= 4 is 5.91 Å². The van der Waals surface area contributed by atoms with Gasteiger partial charge < -0.3 is 24.1 Å². The molecule has 0 fully saturated rings. The monoisotopic (exact) mass is 332 g/mol. The van der Waals surface area contributed by atoms with Gasteiger partial charge in [-0.15, -0.1) is 10.2 Å². The van der Waals surface area contributed by atoms with Crippen LogP contribution in [-0.2, 0) is 11.3 Å². The Morgan fingerprint density at radius 3 is 3.08 bits per heavy atom. The van der Waals surface area contributed by atoms with Gasteiger partial charge >= 0.3 is 0 Å². The molecule has 8 heteroatoms. The standard InChI is InChI=1S/C16H20N4O4/c1-11(15-19-17-10-20(15)6-7-22-2)18-16(21)12-4-3-5-13-14(12)24-9-8-23-13/h3-5,10-11H,6-9H2,1-2H3,(H,18,21)/t11-/m1/s1. The van der Waals surface area contributed by atoms with E-state index in [4.69, 9.17) is 14.2 Å². The topological polar surface area (TPSA) is 87.5 Å². The van der Waals surface area contributed by atoms with Crippen LogP contribution in [0.1, 0.15) is 29.1 Å². The Kier molecular flexibility index (Phi) is 4.95. The number of nitrogens with zero attached hydrogens (tertiary/aromatic N) is 3. The summed E-state index contributed by atoms with van der Waals surface area (Å²) in [4.78, 5) is 12.6. The highest BCUT2D eigenvalue weighted by Crippen LogP contribution is 2.33. The molecule has 1 aliphatic rings. The fraction of sp³-hybridized carbons (Fsp3) is 0.438. The van der Waals surface area contributed by atoms with Gasteiger partial charge in [0.2, 0.25) is 0 Å². The smallest absolute Gasteiger partial charge is 0.255 e. The van der Waals surface area contributed by atoms with E-state index in [1.807, 2.05) is 11.5 Å². The molecule has 0 aliphatic carbocycles. The van der Waals surface area contributed by atoms with E-state index in [1.54, 1.807) is 31.6 Å². The number of para-hydroxylation sites is 1. The van der Waals surface area contributed by atoms with E-state index in [1.165, 1.54) is 0 Å². The van der Waals surface area contributed by atoms with Crippen LogP contribution in [0, 0.1) is 0 Å². The molecule has 1 N–H and O–H groups in total. The Morgan fingerprint density at radius 1 is 1.42 bits per heavy atom. The van der Waals surface area contributed by atoms with Gasteiger partial charge in [0.1, 0.15) is 19.5 Å². The minimum absolute atomic E-state index is 0.244. The molecule has 0 bridgehead atoms. The van der Waals surface area contributed by atoms with Gasteiger partial charge in [0.25, 0.3) is 5.91 Å². The molecule has 2 aromatic rings. The summed E-state index contributed by atoms with van der Waals surface area (Å²) in [6.07, 6.45) is 1.62. The second-order valence-corrected chi connectivity index (χ2v) is 5.40. The number of methoxy groups -OCH3 is 1. The SMILES string of the molecule is COCCn1cnnc1[C@@H](C)NC(=O)c1cccc2c1OCCO2. The maximum absolute atomic E-state index is 12.6. The lowest BCUT2D eigenvalue weighted by Gasteiger charge is -2.21. The number of rotatable bonds is 6. The van der Waals surface area contributed by atoms with E-state index in [2.05, 4.69) is 15.5 Å². The van der Waals surface area contributed by atoms with Crippen LogP contribution in [0.2, 0.25) is 0 Å². The zero-order valence-corrected chi connectivity index (χ0v) is 13.7. The van der Waals surface area contributed by atoms with Crippen molar-refractivity contribution in [2.75, 3.05) is 26.9 Å². The van der Waals surface area contributed by atoms with Crippen molar-refractivity contribution in [3.8, 4) is 11.5 Å². The molecule has 0 spiro atoms. The first-order chi connectivity index (χ1) is 11.7. The van der Waals surface area contributed by atoms with Gasteiger partial charge in [0.15, 0.2) is 17.3 Å². The van der Waals surface area contributed by atoms with Crippen LogP contribution < -0.4 is 14.8 Å². The average Bonchev–Trinajstić information content (AvgIpc) is 3.08. The molecule has 1 atom stereocenters. The molecular formula is C16H20N4O4. The fourth-order valence-corrected chi connectivity index (χ4v) is 2.55. The minimum atomic E-state index is -0.308. The summed E-state index contributed by atoms with van der Waals surface area (Å²) in [6, 6.07) is 4.97. The molecule has 0 saturated heterocycles. The highest BCUT2D eigenvalue weighted by atomic mass is 16.6. The Labute approximate surface area is 139 Å². The molecule has 0 saturated carbocycles. The molecule has 128 valence electrons. The first-order valence-corrected chi connectivity index (χ1v) is 7.77. The van der Waals surface area contributed by atoms with Crippen molar-refractivity contribution in [3.63, 3.8) is 0 Å². The van der Waals surface area contributed by atoms with Gasteiger partial charge in [-0.1, -0.05) is 6.07 Å². The number of hydrogen-bond acceptors (Lipinski definition) is 6. The molecule has 8 nitrogen and oxygen atoms in total. The van der Waals surface area contributed by atoms with Crippen LogP contribution in [0.4, 0.5) is 0 Å². The number of aromatic nitrogens is 3. The summed E-state index contributed by atoms with van der Waals surface area (Å²) >= 11 is 0. The average molecular weight is 332 g/mol. The van der Waals surface area contributed by atoms with Crippen molar-refractivity contribution < 1.29 is 19.0 Å². The molecule has 1 aromatic carbocycles. The summed E-state index contributed by atoms with van der Waals surface area (Å²) < 4.78 is 18.0. The first-order valence-electron chi connectivity index (χ1n) is 7.77. The zero-order chi connectivity index (χ0) is 16.9. The van der Waals surface area contributed by atoms with E-state index in [0.29, 0.717) is 49.3 Å². The quantitative estimate of drug-likeness (QED) is 0.855.